The van der Waals surface area contributed by atoms with Crippen LogP contribution in [0.15, 0.2) is 24.4 Å². The van der Waals surface area contributed by atoms with E-state index < -0.39 is 0 Å². The minimum atomic E-state index is 0.381. The van der Waals surface area contributed by atoms with Crippen molar-refractivity contribution in [3.05, 3.63) is 41.5 Å². The lowest BCUT2D eigenvalue weighted by molar-refractivity contribution is 0.746. The van der Waals surface area contributed by atoms with Crippen LogP contribution in [0.5, 0.6) is 0 Å². The van der Waals surface area contributed by atoms with Crippen LogP contribution in [0.25, 0.3) is 16.7 Å². The first-order valence-electron chi connectivity index (χ1n) is 6.71. The number of para-hydroxylation sites is 1. The van der Waals surface area contributed by atoms with E-state index in [1.807, 2.05) is 30.1 Å². The smallest absolute Gasteiger partial charge is 0.129 e. The van der Waals surface area contributed by atoms with Crippen molar-refractivity contribution in [3.63, 3.8) is 0 Å². The summed E-state index contributed by atoms with van der Waals surface area (Å²) < 4.78 is 3.99. The number of fused-ring (bicyclic) bond motifs is 1. The minimum Gasteiger partial charge on any atom is -0.292 e. The van der Waals surface area contributed by atoms with Crippen LogP contribution in [0.1, 0.15) is 24.0 Å². The van der Waals surface area contributed by atoms with E-state index in [1.165, 1.54) is 5.56 Å². The van der Waals surface area contributed by atoms with E-state index in [9.17, 15) is 0 Å². The summed E-state index contributed by atoms with van der Waals surface area (Å²) in [5, 5.41) is 4.52. The van der Waals surface area contributed by atoms with Crippen LogP contribution in [-0.2, 0) is 19.3 Å². The van der Waals surface area contributed by atoms with Crippen LogP contribution in [0, 0.1) is 6.92 Å². The average molecular weight is 289 g/mol. The fourth-order valence-electron chi connectivity index (χ4n) is 2.65. The van der Waals surface area contributed by atoms with Gasteiger partial charge in [-0.3, -0.25) is 9.25 Å². The van der Waals surface area contributed by atoms with Gasteiger partial charge in [-0.05, 0) is 25.0 Å². The van der Waals surface area contributed by atoms with Gasteiger partial charge in [-0.1, -0.05) is 19.1 Å². The Kier molecular flexibility index (Phi) is 3.26. The molecule has 104 valence electrons. The second kappa shape index (κ2) is 4.94. The quantitative estimate of drug-likeness (QED) is 0.693. The lowest BCUT2D eigenvalue weighted by Crippen LogP contribution is -2.02. The molecular weight excluding hydrogens is 272 g/mol. The third kappa shape index (κ3) is 1.91. The van der Waals surface area contributed by atoms with E-state index in [4.69, 9.17) is 11.6 Å². The van der Waals surface area contributed by atoms with E-state index in [1.54, 1.807) is 0 Å². The predicted octanol–water partition coefficient (Wildman–Crippen LogP) is 3.37. The van der Waals surface area contributed by atoms with Crippen LogP contribution in [0.2, 0.25) is 0 Å². The molecule has 2 aromatic heterocycles. The molecule has 1 aromatic carbocycles. The molecule has 0 unspecified atom stereocenters. The molecule has 0 atom stereocenters. The summed E-state index contributed by atoms with van der Waals surface area (Å²) in [4.78, 5) is 4.65. The second-order valence-corrected chi connectivity index (χ2v) is 5.20. The van der Waals surface area contributed by atoms with E-state index in [0.717, 1.165) is 34.7 Å². The summed E-state index contributed by atoms with van der Waals surface area (Å²) in [5.74, 6) is 1.24. The SMILES string of the molecule is CCc1nn(C)cc1-n1c(CCl)nc2cccc(C)c21. The summed E-state index contributed by atoms with van der Waals surface area (Å²) in [5.41, 5.74) is 5.42. The molecule has 4 nitrogen and oxygen atoms in total. The lowest BCUT2D eigenvalue weighted by atomic mass is 10.2. The Bertz CT molecular complexity index is 770. The lowest BCUT2D eigenvalue weighted by Gasteiger charge is -2.08. The standard InChI is InChI=1S/C15H17ClN4/c1-4-11-13(9-19(3)18-11)20-14(8-16)17-12-7-5-6-10(2)15(12)20/h5-7,9H,4,8H2,1-3H3. The maximum Gasteiger partial charge on any atom is 0.129 e. The fourth-order valence-corrected chi connectivity index (χ4v) is 2.83. The van der Waals surface area contributed by atoms with Gasteiger partial charge in [-0.2, -0.15) is 5.10 Å². The van der Waals surface area contributed by atoms with Crippen LogP contribution in [0.3, 0.4) is 0 Å². The van der Waals surface area contributed by atoms with E-state index >= 15 is 0 Å². The Labute approximate surface area is 123 Å². The first-order chi connectivity index (χ1) is 9.65. The Morgan fingerprint density at radius 1 is 1.30 bits per heavy atom. The van der Waals surface area contributed by atoms with Crippen molar-refractivity contribution in [2.45, 2.75) is 26.1 Å². The van der Waals surface area contributed by atoms with Gasteiger partial charge in [0.25, 0.3) is 0 Å². The highest BCUT2D eigenvalue weighted by atomic mass is 35.5. The highest BCUT2D eigenvalue weighted by Gasteiger charge is 2.17. The van der Waals surface area contributed by atoms with E-state index in [-0.39, 0.29) is 0 Å². The van der Waals surface area contributed by atoms with Crippen molar-refractivity contribution in [1.29, 1.82) is 0 Å². The van der Waals surface area contributed by atoms with Gasteiger partial charge in [-0.15, -0.1) is 11.6 Å². The molecule has 0 amide bonds. The number of alkyl halides is 1. The van der Waals surface area contributed by atoms with Crippen molar-refractivity contribution < 1.29 is 0 Å². The first kappa shape index (κ1) is 13.2. The molecule has 0 radical (unpaired) electrons. The number of imidazole rings is 1. The predicted molar refractivity (Wildman–Crippen MR) is 81.5 cm³/mol. The number of hydrogen-bond acceptors (Lipinski definition) is 2. The number of rotatable bonds is 3. The Morgan fingerprint density at radius 3 is 2.80 bits per heavy atom. The van der Waals surface area contributed by atoms with Gasteiger partial charge in [0.1, 0.15) is 5.82 Å². The molecule has 20 heavy (non-hydrogen) atoms. The third-order valence-corrected chi connectivity index (χ3v) is 3.77. The van der Waals surface area contributed by atoms with Gasteiger partial charge in [0.15, 0.2) is 0 Å². The van der Waals surface area contributed by atoms with Crippen LogP contribution < -0.4 is 0 Å². The van der Waals surface area contributed by atoms with Crippen molar-refractivity contribution in [2.24, 2.45) is 7.05 Å². The van der Waals surface area contributed by atoms with Gasteiger partial charge in [-0.25, -0.2) is 4.98 Å². The van der Waals surface area contributed by atoms with Gasteiger partial charge in [0.2, 0.25) is 0 Å². The number of benzene rings is 1. The fraction of sp³-hybridized carbons (Fsp3) is 0.333. The number of aromatic nitrogens is 4. The molecule has 0 saturated heterocycles. The van der Waals surface area contributed by atoms with Gasteiger partial charge in [0.05, 0.1) is 28.3 Å². The summed E-state index contributed by atoms with van der Waals surface area (Å²) in [6.07, 6.45) is 2.91. The zero-order valence-electron chi connectivity index (χ0n) is 11.9. The normalized spacial score (nSPS) is 11.4. The monoisotopic (exact) mass is 288 g/mol. The Hall–Kier alpha value is -1.81. The Balaban J connectivity index is 2.39. The zero-order valence-corrected chi connectivity index (χ0v) is 12.6. The zero-order chi connectivity index (χ0) is 14.3. The molecule has 2 heterocycles. The van der Waals surface area contributed by atoms with E-state index in [2.05, 4.69) is 34.6 Å². The van der Waals surface area contributed by atoms with Gasteiger partial charge in [0, 0.05) is 13.2 Å². The van der Waals surface area contributed by atoms with Crippen molar-refractivity contribution in [2.75, 3.05) is 0 Å². The van der Waals surface area contributed by atoms with Crippen molar-refractivity contribution >= 4 is 22.6 Å². The third-order valence-electron chi connectivity index (χ3n) is 3.53. The number of aryl methyl sites for hydroxylation is 3. The molecule has 0 fully saturated rings. The molecule has 0 aliphatic heterocycles. The molecule has 3 aromatic rings. The molecule has 3 rings (SSSR count). The maximum atomic E-state index is 6.10. The molecule has 0 aliphatic rings. The average Bonchev–Trinajstić information content (AvgIpc) is 2.99. The molecule has 0 spiro atoms. The second-order valence-electron chi connectivity index (χ2n) is 4.93. The minimum absolute atomic E-state index is 0.381. The summed E-state index contributed by atoms with van der Waals surface area (Å²) in [7, 11) is 1.94. The first-order valence-corrected chi connectivity index (χ1v) is 7.25. The van der Waals surface area contributed by atoms with Crippen molar-refractivity contribution in [3.8, 4) is 5.69 Å². The summed E-state index contributed by atoms with van der Waals surface area (Å²) >= 11 is 6.10. The van der Waals surface area contributed by atoms with Crippen LogP contribution in [-0.4, -0.2) is 19.3 Å². The highest BCUT2D eigenvalue weighted by molar-refractivity contribution is 6.17. The molecule has 5 heteroatoms. The molecular formula is C15H17ClN4. The van der Waals surface area contributed by atoms with Gasteiger partial charge < -0.3 is 0 Å². The summed E-state index contributed by atoms with van der Waals surface area (Å²) in [6.45, 7) is 4.21. The maximum absolute atomic E-state index is 6.10. The van der Waals surface area contributed by atoms with E-state index in [0.29, 0.717) is 5.88 Å². The molecule has 0 N–H and O–H groups in total. The number of nitrogens with zero attached hydrogens (tertiary/aromatic N) is 4. The highest BCUT2D eigenvalue weighted by Crippen LogP contribution is 2.27. The van der Waals surface area contributed by atoms with Crippen LogP contribution in [0.4, 0.5) is 0 Å². The summed E-state index contributed by atoms with van der Waals surface area (Å²) in [6, 6.07) is 6.15. The topological polar surface area (TPSA) is 35.6 Å². The number of halogens is 1. The Morgan fingerprint density at radius 2 is 2.10 bits per heavy atom. The van der Waals surface area contributed by atoms with Crippen molar-refractivity contribution in [1.82, 2.24) is 19.3 Å². The number of hydrogen-bond donors (Lipinski definition) is 0. The molecule has 0 saturated carbocycles. The van der Waals surface area contributed by atoms with Gasteiger partial charge >= 0.3 is 0 Å². The van der Waals surface area contributed by atoms with Crippen LogP contribution >= 0.6 is 11.6 Å². The largest absolute Gasteiger partial charge is 0.292 e. The molecule has 0 aliphatic carbocycles. The molecule has 0 bridgehead atoms.